The highest BCUT2D eigenvalue weighted by Gasteiger charge is 2.14. The number of aliphatic carboxylic acids is 1. The van der Waals surface area contributed by atoms with E-state index >= 15 is 0 Å². The number of nitrogens with one attached hydrogen (secondary N) is 1. The van der Waals surface area contributed by atoms with E-state index in [-0.39, 0.29) is 34.7 Å². The van der Waals surface area contributed by atoms with E-state index in [2.05, 4.69) is 5.32 Å². The Morgan fingerprint density at radius 3 is 2.38 bits per heavy atom. The third-order valence-electron chi connectivity index (χ3n) is 3.46. The fourth-order valence-corrected chi connectivity index (χ4v) is 3.07. The van der Waals surface area contributed by atoms with Crippen LogP contribution in [0.5, 0.6) is 5.75 Å². The molecule has 1 amide bonds. The molecule has 2 rings (SSSR count). The molecule has 0 aromatic heterocycles. The Hall–Kier alpha value is -1.95. The van der Waals surface area contributed by atoms with Crippen LogP contribution < -0.4 is 10.1 Å². The average molecular weight is 417 g/mol. The van der Waals surface area contributed by atoms with Crippen LogP contribution in [0.3, 0.4) is 0 Å². The second-order valence-corrected chi connectivity index (χ2v) is 6.62. The summed E-state index contributed by atoms with van der Waals surface area (Å²) in [5.41, 5.74) is 1.61. The Balaban J connectivity index is 2.17. The summed E-state index contributed by atoms with van der Waals surface area (Å²) in [6.45, 7) is 1.82. The molecule has 2 aromatic rings. The molecule has 0 fully saturated rings. The Morgan fingerprint density at radius 1 is 1.15 bits per heavy atom. The second-order valence-electron chi connectivity index (χ2n) is 5.43. The predicted octanol–water partition coefficient (Wildman–Crippen LogP) is 5.20. The molecular formula is C18H16Cl3NO4. The number of benzene rings is 2. The smallest absolute Gasteiger partial charge is 0.307 e. The average Bonchev–Trinajstić information content (AvgIpc) is 2.56. The minimum absolute atomic E-state index is 0.0758. The van der Waals surface area contributed by atoms with Gasteiger partial charge in [0.1, 0.15) is 6.61 Å². The van der Waals surface area contributed by atoms with Gasteiger partial charge in [0.15, 0.2) is 5.75 Å². The van der Waals surface area contributed by atoms with Crippen LogP contribution in [0.15, 0.2) is 30.3 Å². The van der Waals surface area contributed by atoms with E-state index in [1.54, 1.807) is 25.1 Å². The lowest BCUT2D eigenvalue weighted by atomic mass is 10.1. The van der Waals surface area contributed by atoms with E-state index < -0.39 is 5.97 Å². The molecule has 8 heteroatoms. The van der Waals surface area contributed by atoms with Crippen LogP contribution in [0.4, 0.5) is 5.69 Å². The third-order valence-corrected chi connectivity index (χ3v) is 4.47. The Morgan fingerprint density at radius 2 is 1.81 bits per heavy atom. The van der Waals surface area contributed by atoms with Crippen molar-refractivity contribution in [2.45, 2.75) is 26.4 Å². The van der Waals surface area contributed by atoms with Crippen molar-refractivity contribution in [3.8, 4) is 5.75 Å². The van der Waals surface area contributed by atoms with E-state index in [1.165, 1.54) is 12.1 Å². The number of amides is 1. The molecule has 0 aliphatic heterocycles. The summed E-state index contributed by atoms with van der Waals surface area (Å²) in [4.78, 5) is 22.3. The maximum absolute atomic E-state index is 11.5. The zero-order valence-corrected chi connectivity index (χ0v) is 16.1. The molecule has 0 saturated carbocycles. The first-order valence-corrected chi connectivity index (χ1v) is 8.85. The van der Waals surface area contributed by atoms with Crippen LogP contribution in [0.25, 0.3) is 0 Å². The first kappa shape index (κ1) is 20.4. The molecule has 0 bridgehead atoms. The molecule has 0 aliphatic rings. The van der Waals surface area contributed by atoms with Gasteiger partial charge in [-0.25, -0.2) is 0 Å². The molecular weight excluding hydrogens is 401 g/mol. The SMILES string of the molecule is CCC(=O)Nc1cccc(COc2c(Cl)cc(CC(=O)O)cc2Cl)c1Cl. The van der Waals surface area contributed by atoms with E-state index in [0.29, 0.717) is 28.3 Å². The number of carboxylic acid groups (broad SMARTS) is 1. The van der Waals surface area contributed by atoms with Gasteiger partial charge in [0.2, 0.25) is 5.91 Å². The highest BCUT2D eigenvalue weighted by molar-refractivity contribution is 6.37. The highest BCUT2D eigenvalue weighted by Crippen LogP contribution is 2.36. The number of carbonyl (C=O) groups excluding carboxylic acids is 1. The fraction of sp³-hybridized carbons (Fsp3) is 0.222. The number of carboxylic acids is 1. The Bertz CT molecular complexity index is 816. The van der Waals surface area contributed by atoms with Crippen LogP contribution in [0.2, 0.25) is 15.1 Å². The van der Waals surface area contributed by atoms with Gasteiger partial charge in [-0.05, 0) is 23.8 Å². The zero-order chi connectivity index (χ0) is 19.3. The number of halogens is 3. The normalized spacial score (nSPS) is 10.5. The summed E-state index contributed by atoms with van der Waals surface area (Å²) in [5.74, 6) is -0.893. The maximum Gasteiger partial charge on any atom is 0.307 e. The molecule has 0 unspecified atom stereocenters. The molecule has 2 aromatic carbocycles. The minimum atomic E-state index is -0.983. The Kier molecular flexibility index (Phi) is 7.14. The molecule has 0 atom stereocenters. The molecule has 0 radical (unpaired) electrons. The first-order chi connectivity index (χ1) is 12.3. The van der Waals surface area contributed by atoms with Crippen molar-refractivity contribution in [3.63, 3.8) is 0 Å². The third kappa shape index (κ3) is 5.27. The van der Waals surface area contributed by atoms with Crippen molar-refractivity contribution >= 4 is 52.4 Å². The van der Waals surface area contributed by atoms with E-state index in [0.717, 1.165) is 0 Å². The molecule has 2 N–H and O–H groups in total. The van der Waals surface area contributed by atoms with Gasteiger partial charge >= 0.3 is 5.97 Å². The van der Waals surface area contributed by atoms with Crippen molar-refractivity contribution in [1.29, 1.82) is 0 Å². The Labute approximate surface area is 165 Å². The van der Waals surface area contributed by atoms with E-state index in [9.17, 15) is 9.59 Å². The number of carbonyl (C=O) groups is 2. The molecule has 0 spiro atoms. The van der Waals surface area contributed by atoms with Gasteiger partial charge in [-0.3, -0.25) is 9.59 Å². The summed E-state index contributed by atoms with van der Waals surface area (Å²) in [7, 11) is 0. The standard InChI is InChI=1S/C18H16Cl3NO4/c1-2-15(23)22-14-5-3-4-11(17(14)21)9-26-18-12(19)6-10(7-13(18)20)8-16(24)25/h3-7H,2,8-9H2,1H3,(H,22,23)(H,24,25). The molecule has 138 valence electrons. The molecule has 0 aliphatic carbocycles. The monoisotopic (exact) mass is 415 g/mol. The van der Waals surface area contributed by atoms with Gasteiger partial charge in [0.05, 0.1) is 27.2 Å². The van der Waals surface area contributed by atoms with Crippen LogP contribution in [-0.4, -0.2) is 17.0 Å². The lowest BCUT2D eigenvalue weighted by molar-refractivity contribution is -0.136. The van der Waals surface area contributed by atoms with Crippen molar-refractivity contribution in [3.05, 3.63) is 56.5 Å². The van der Waals surface area contributed by atoms with Crippen LogP contribution in [0, 0.1) is 0 Å². The lowest BCUT2D eigenvalue weighted by Gasteiger charge is -2.14. The molecule has 0 heterocycles. The fourth-order valence-electron chi connectivity index (χ4n) is 2.20. The first-order valence-electron chi connectivity index (χ1n) is 7.71. The number of rotatable bonds is 7. The summed E-state index contributed by atoms with van der Waals surface area (Å²) < 4.78 is 5.67. The summed E-state index contributed by atoms with van der Waals surface area (Å²) >= 11 is 18.6. The zero-order valence-electron chi connectivity index (χ0n) is 13.8. The van der Waals surface area contributed by atoms with Gasteiger partial charge < -0.3 is 15.2 Å². The number of ether oxygens (including phenoxy) is 1. The van der Waals surface area contributed by atoms with Crippen LogP contribution >= 0.6 is 34.8 Å². The molecule has 26 heavy (non-hydrogen) atoms. The largest absolute Gasteiger partial charge is 0.486 e. The predicted molar refractivity (Wildman–Crippen MR) is 103 cm³/mol. The maximum atomic E-state index is 11.5. The van der Waals surface area contributed by atoms with Crippen LogP contribution in [-0.2, 0) is 22.6 Å². The van der Waals surface area contributed by atoms with Crippen molar-refractivity contribution in [2.75, 3.05) is 5.32 Å². The van der Waals surface area contributed by atoms with Gasteiger partial charge in [-0.15, -0.1) is 0 Å². The van der Waals surface area contributed by atoms with Gasteiger partial charge in [0.25, 0.3) is 0 Å². The summed E-state index contributed by atoms with van der Waals surface area (Å²) in [5, 5.41) is 12.3. The van der Waals surface area contributed by atoms with Crippen molar-refractivity contribution in [2.24, 2.45) is 0 Å². The van der Waals surface area contributed by atoms with Crippen LogP contribution in [0.1, 0.15) is 24.5 Å². The molecule has 0 saturated heterocycles. The second kappa shape index (κ2) is 9.12. The van der Waals surface area contributed by atoms with Crippen molar-refractivity contribution < 1.29 is 19.4 Å². The van der Waals surface area contributed by atoms with Gasteiger partial charge in [0, 0.05) is 12.0 Å². The van der Waals surface area contributed by atoms with E-state index in [4.69, 9.17) is 44.6 Å². The molecule has 5 nitrogen and oxygen atoms in total. The summed E-state index contributed by atoms with van der Waals surface area (Å²) in [6, 6.07) is 8.19. The lowest BCUT2D eigenvalue weighted by Crippen LogP contribution is -2.10. The number of hydrogen-bond donors (Lipinski definition) is 2. The number of anilines is 1. The topological polar surface area (TPSA) is 75.6 Å². The van der Waals surface area contributed by atoms with Gasteiger partial charge in [-0.1, -0.05) is 53.9 Å². The summed E-state index contributed by atoms with van der Waals surface area (Å²) in [6.07, 6.45) is 0.148. The van der Waals surface area contributed by atoms with E-state index in [1.807, 2.05) is 0 Å². The highest BCUT2D eigenvalue weighted by atomic mass is 35.5. The minimum Gasteiger partial charge on any atom is -0.486 e. The quantitative estimate of drug-likeness (QED) is 0.650. The number of hydrogen-bond acceptors (Lipinski definition) is 3. The van der Waals surface area contributed by atoms with Gasteiger partial charge in [-0.2, -0.15) is 0 Å². The van der Waals surface area contributed by atoms with Crippen molar-refractivity contribution in [1.82, 2.24) is 0 Å².